The number of hydrogen-bond acceptors (Lipinski definition) is 4. The number of anilines is 1. The van der Waals surface area contributed by atoms with Crippen LogP contribution in [-0.4, -0.2) is 29.8 Å². The van der Waals surface area contributed by atoms with Gasteiger partial charge in [0.05, 0.1) is 17.9 Å². The Morgan fingerprint density at radius 3 is 2.13 bits per heavy atom. The lowest BCUT2D eigenvalue weighted by atomic mass is 10.1. The average molecular weight is 444 g/mol. The molecule has 2 N–H and O–H groups in total. The van der Waals surface area contributed by atoms with Gasteiger partial charge in [-0.2, -0.15) is 0 Å². The van der Waals surface area contributed by atoms with E-state index in [1.807, 2.05) is 6.26 Å². The minimum atomic E-state index is -1.03. The molecular formula is C25H33NO4S. The van der Waals surface area contributed by atoms with Crippen LogP contribution in [0.5, 0.6) is 5.75 Å². The number of thioether (sulfide) groups is 1. The van der Waals surface area contributed by atoms with Crippen molar-refractivity contribution in [2.75, 3.05) is 18.2 Å². The first-order valence-electron chi connectivity index (χ1n) is 11.0. The quantitative estimate of drug-likeness (QED) is 0.246. The number of carboxylic acid groups (broad SMARTS) is 1. The topological polar surface area (TPSA) is 75.6 Å². The molecule has 5 nitrogen and oxygen atoms in total. The van der Waals surface area contributed by atoms with Crippen molar-refractivity contribution in [1.29, 1.82) is 0 Å². The lowest BCUT2D eigenvalue weighted by Crippen LogP contribution is -2.13. The van der Waals surface area contributed by atoms with Gasteiger partial charge in [-0.1, -0.05) is 51.9 Å². The second-order valence-electron chi connectivity index (χ2n) is 7.52. The van der Waals surface area contributed by atoms with Crippen LogP contribution >= 0.6 is 11.8 Å². The summed E-state index contributed by atoms with van der Waals surface area (Å²) in [4.78, 5) is 24.6. The van der Waals surface area contributed by atoms with E-state index in [4.69, 9.17) is 4.74 Å². The zero-order valence-electron chi connectivity index (χ0n) is 18.5. The Morgan fingerprint density at radius 2 is 1.52 bits per heavy atom. The van der Waals surface area contributed by atoms with Crippen LogP contribution in [0.3, 0.4) is 0 Å². The van der Waals surface area contributed by atoms with Crippen LogP contribution in [0.1, 0.15) is 79.0 Å². The predicted octanol–water partition coefficient (Wildman–Crippen LogP) is 6.88. The molecule has 0 aliphatic heterocycles. The smallest absolute Gasteiger partial charge is 0.335 e. The van der Waals surface area contributed by atoms with Gasteiger partial charge in [-0.25, -0.2) is 4.79 Å². The highest BCUT2D eigenvalue weighted by molar-refractivity contribution is 7.98. The molecule has 0 saturated carbocycles. The summed E-state index contributed by atoms with van der Waals surface area (Å²) < 4.78 is 5.78. The molecule has 2 aromatic rings. The first-order chi connectivity index (χ1) is 15.0. The maximum atomic E-state index is 12.6. The molecule has 0 bridgehead atoms. The van der Waals surface area contributed by atoms with Crippen LogP contribution in [0.25, 0.3) is 0 Å². The SMILES string of the molecule is CCCCCCCCCCOc1ccc(C(=O)Nc2cc(C(=O)O)ccc2SC)cc1. The summed E-state index contributed by atoms with van der Waals surface area (Å²) >= 11 is 1.45. The van der Waals surface area contributed by atoms with Gasteiger partial charge in [-0.05, 0) is 55.1 Å². The van der Waals surface area contributed by atoms with Crippen LogP contribution in [0.15, 0.2) is 47.4 Å². The van der Waals surface area contributed by atoms with Gasteiger partial charge in [0, 0.05) is 10.5 Å². The number of aromatic carboxylic acids is 1. The van der Waals surface area contributed by atoms with E-state index in [1.165, 1.54) is 68.8 Å². The first-order valence-corrected chi connectivity index (χ1v) is 12.2. The Balaban J connectivity index is 1.79. The van der Waals surface area contributed by atoms with Crippen molar-refractivity contribution in [2.45, 2.75) is 63.2 Å². The minimum absolute atomic E-state index is 0.137. The Bertz CT molecular complexity index is 836. The maximum Gasteiger partial charge on any atom is 0.335 e. The summed E-state index contributed by atoms with van der Waals surface area (Å²) in [6.45, 7) is 2.91. The molecule has 0 fully saturated rings. The molecule has 31 heavy (non-hydrogen) atoms. The minimum Gasteiger partial charge on any atom is -0.494 e. The van der Waals surface area contributed by atoms with E-state index in [-0.39, 0.29) is 11.5 Å². The summed E-state index contributed by atoms with van der Waals surface area (Å²) in [5.41, 5.74) is 1.12. The van der Waals surface area contributed by atoms with Gasteiger partial charge in [0.15, 0.2) is 0 Å². The van der Waals surface area contributed by atoms with Crippen molar-refractivity contribution < 1.29 is 19.4 Å². The van der Waals surface area contributed by atoms with E-state index in [2.05, 4.69) is 12.2 Å². The van der Waals surface area contributed by atoms with Gasteiger partial charge < -0.3 is 15.2 Å². The Kier molecular flexibility index (Phi) is 11.0. The molecule has 2 aromatic carbocycles. The van der Waals surface area contributed by atoms with E-state index in [0.29, 0.717) is 17.9 Å². The molecule has 0 spiro atoms. The van der Waals surface area contributed by atoms with E-state index in [0.717, 1.165) is 17.1 Å². The number of carbonyl (C=O) groups excluding carboxylic acids is 1. The van der Waals surface area contributed by atoms with Crippen LogP contribution in [0, 0.1) is 0 Å². The van der Waals surface area contributed by atoms with E-state index >= 15 is 0 Å². The number of hydrogen-bond donors (Lipinski definition) is 2. The summed E-state index contributed by atoms with van der Waals surface area (Å²) in [5, 5.41) is 12.0. The van der Waals surface area contributed by atoms with Crippen LogP contribution in [0.2, 0.25) is 0 Å². The highest BCUT2D eigenvalue weighted by Gasteiger charge is 2.12. The van der Waals surface area contributed by atoms with Crippen LogP contribution in [0.4, 0.5) is 5.69 Å². The number of nitrogens with one attached hydrogen (secondary N) is 1. The average Bonchev–Trinajstić information content (AvgIpc) is 2.78. The molecule has 1 amide bonds. The molecule has 6 heteroatoms. The molecule has 0 radical (unpaired) electrons. The summed E-state index contributed by atoms with van der Waals surface area (Å²) in [7, 11) is 0. The number of benzene rings is 2. The third-order valence-electron chi connectivity index (χ3n) is 5.08. The number of ether oxygens (including phenoxy) is 1. The number of unbranched alkanes of at least 4 members (excludes halogenated alkanes) is 7. The molecule has 168 valence electrons. The fraction of sp³-hybridized carbons (Fsp3) is 0.440. The van der Waals surface area contributed by atoms with Crippen molar-refractivity contribution in [1.82, 2.24) is 0 Å². The molecule has 0 heterocycles. The maximum absolute atomic E-state index is 12.6. The molecular weight excluding hydrogens is 410 g/mol. The lowest BCUT2D eigenvalue weighted by molar-refractivity contribution is 0.0696. The van der Waals surface area contributed by atoms with Gasteiger partial charge in [0.25, 0.3) is 5.91 Å². The number of rotatable bonds is 14. The van der Waals surface area contributed by atoms with Crippen molar-refractivity contribution in [3.05, 3.63) is 53.6 Å². The predicted molar refractivity (Wildman–Crippen MR) is 128 cm³/mol. The van der Waals surface area contributed by atoms with Gasteiger partial charge in [0.2, 0.25) is 0 Å². The van der Waals surface area contributed by atoms with Crippen molar-refractivity contribution in [2.24, 2.45) is 0 Å². The van der Waals surface area contributed by atoms with Crippen molar-refractivity contribution in [3.8, 4) is 5.75 Å². The third-order valence-corrected chi connectivity index (χ3v) is 5.87. The van der Waals surface area contributed by atoms with Crippen molar-refractivity contribution >= 4 is 29.3 Å². The van der Waals surface area contributed by atoms with Gasteiger partial charge in [-0.15, -0.1) is 11.8 Å². The van der Waals surface area contributed by atoms with Gasteiger partial charge in [0.1, 0.15) is 5.75 Å². The summed E-state index contributed by atoms with van der Waals surface area (Å²) in [6, 6.07) is 11.7. The van der Waals surface area contributed by atoms with Gasteiger partial charge >= 0.3 is 5.97 Å². The zero-order chi connectivity index (χ0) is 22.5. The number of carboxylic acids is 1. The van der Waals surface area contributed by atoms with Crippen LogP contribution in [-0.2, 0) is 0 Å². The normalized spacial score (nSPS) is 10.6. The highest BCUT2D eigenvalue weighted by atomic mass is 32.2. The third kappa shape index (κ3) is 8.66. The van der Waals surface area contributed by atoms with Crippen LogP contribution < -0.4 is 10.1 Å². The molecule has 0 aliphatic rings. The summed E-state index contributed by atoms with van der Waals surface area (Å²) in [5.74, 6) is -0.564. The Labute approximate surface area is 189 Å². The monoisotopic (exact) mass is 443 g/mol. The largest absolute Gasteiger partial charge is 0.494 e. The fourth-order valence-electron chi connectivity index (χ4n) is 3.26. The molecule has 2 rings (SSSR count). The molecule has 0 unspecified atom stereocenters. The molecule has 0 atom stereocenters. The first kappa shape index (κ1) is 24.8. The van der Waals surface area contributed by atoms with Crippen molar-refractivity contribution in [3.63, 3.8) is 0 Å². The number of carbonyl (C=O) groups is 2. The Morgan fingerprint density at radius 1 is 0.903 bits per heavy atom. The molecule has 0 saturated heterocycles. The summed E-state index contributed by atoms with van der Waals surface area (Å²) in [6.07, 6.45) is 11.9. The standard InChI is InChI=1S/C25H33NO4S/c1-3-4-5-6-7-8-9-10-17-30-21-14-11-19(12-15-21)24(27)26-22-18-20(25(28)29)13-16-23(22)31-2/h11-16,18H,3-10,17H2,1-2H3,(H,26,27)(H,28,29). The second-order valence-corrected chi connectivity index (χ2v) is 8.37. The van der Waals surface area contributed by atoms with E-state index in [9.17, 15) is 14.7 Å². The highest BCUT2D eigenvalue weighted by Crippen LogP contribution is 2.27. The fourth-order valence-corrected chi connectivity index (χ4v) is 3.80. The molecule has 0 aliphatic carbocycles. The van der Waals surface area contributed by atoms with E-state index < -0.39 is 5.97 Å². The molecule has 0 aromatic heterocycles. The Hall–Kier alpha value is -2.47. The number of amides is 1. The van der Waals surface area contributed by atoms with Gasteiger partial charge in [-0.3, -0.25) is 4.79 Å². The zero-order valence-corrected chi connectivity index (χ0v) is 19.3. The lowest BCUT2D eigenvalue weighted by Gasteiger charge is -2.11. The van der Waals surface area contributed by atoms with E-state index in [1.54, 1.807) is 30.3 Å². The second kappa shape index (κ2) is 13.8.